The number of nitriles is 1. The molecule has 0 aliphatic carbocycles. The highest BCUT2D eigenvalue weighted by Gasteiger charge is 2.20. The van der Waals surface area contributed by atoms with Crippen LogP contribution in [0.15, 0.2) is 54.6 Å². The number of halogens is 1. The van der Waals surface area contributed by atoms with E-state index in [0.717, 1.165) is 16.8 Å². The summed E-state index contributed by atoms with van der Waals surface area (Å²) in [5.74, 6) is -0.326. The Kier molecular flexibility index (Phi) is 4.85. The Morgan fingerprint density at radius 1 is 1.12 bits per heavy atom. The fraction of sp³-hybridized carbons (Fsp3) is 0.143. The van der Waals surface area contributed by atoms with Crippen LogP contribution in [0.3, 0.4) is 0 Å². The smallest absolute Gasteiger partial charge is 0.256 e. The van der Waals surface area contributed by atoms with Gasteiger partial charge in [-0.05, 0) is 49.2 Å². The van der Waals surface area contributed by atoms with Crippen LogP contribution in [0.1, 0.15) is 32.7 Å². The van der Waals surface area contributed by atoms with E-state index in [2.05, 4.69) is 11.4 Å². The van der Waals surface area contributed by atoms with E-state index in [4.69, 9.17) is 0 Å². The number of carbonyl (C=O) groups is 1. The van der Waals surface area contributed by atoms with Crippen LogP contribution in [0.5, 0.6) is 0 Å². The van der Waals surface area contributed by atoms with Crippen molar-refractivity contribution in [2.75, 3.05) is 5.32 Å². The van der Waals surface area contributed by atoms with Crippen molar-refractivity contribution in [2.24, 2.45) is 0 Å². The first-order chi connectivity index (χ1) is 12.5. The van der Waals surface area contributed by atoms with Crippen molar-refractivity contribution in [1.29, 1.82) is 5.26 Å². The zero-order valence-corrected chi connectivity index (χ0v) is 14.6. The lowest BCUT2D eigenvalue weighted by Crippen LogP contribution is -2.17. The van der Waals surface area contributed by atoms with Crippen LogP contribution in [0.2, 0.25) is 0 Å². The van der Waals surface area contributed by atoms with Gasteiger partial charge in [-0.15, -0.1) is 0 Å². The summed E-state index contributed by atoms with van der Waals surface area (Å²) in [6.07, 6.45) is 0. The molecule has 1 amide bonds. The maximum Gasteiger partial charge on any atom is 0.256 e. The van der Waals surface area contributed by atoms with E-state index in [-0.39, 0.29) is 5.91 Å². The first-order valence-electron chi connectivity index (χ1n) is 8.22. The number of aromatic nitrogens is 1. The average Bonchev–Trinajstić information content (AvgIpc) is 2.87. The molecular formula is C21H18FN3O. The molecule has 5 heteroatoms. The molecular weight excluding hydrogens is 329 g/mol. The fourth-order valence-electron chi connectivity index (χ4n) is 2.87. The Bertz CT molecular complexity index is 983. The third kappa shape index (κ3) is 3.35. The van der Waals surface area contributed by atoms with Crippen LogP contribution >= 0.6 is 0 Å². The van der Waals surface area contributed by atoms with E-state index in [9.17, 15) is 14.4 Å². The van der Waals surface area contributed by atoms with E-state index in [1.807, 2.05) is 48.7 Å². The molecule has 0 unspecified atom stereocenters. The van der Waals surface area contributed by atoms with Crippen molar-refractivity contribution in [3.8, 4) is 6.07 Å². The number of hydrogen-bond donors (Lipinski definition) is 1. The van der Waals surface area contributed by atoms with Gasteiger partial charge in [-0.25, -0.2) is 4.39 Å². The first-order valence-corrected chi connectivity index (χ1v) is 8.22. The topological polar surface area (TPSA) is 57.8 Å². The number of anilines is 1. The van der Waals surface area contributed by atoms with Gasteiger partial charge in [0.15, 0.2) is 0 Å². The Morgan fingerprint density at radius 2 is 1.77 bits per heavy atom. The lowest BCUT2D eigenvalue weighted by Gasteiger charge is -2.13. The molecule has 0 fully saturated rings. The molecule has 0 spiro atoms. The van der Waals surface area contributed by atoms with Gasteiger partial charge in [-0.2, -0.15) is 5.26 Å². The third-order valence-corrected chi connectivity index (χ3v) is 4.46. The summed E-state index contributed by atoms with van der Waals surface area (Å²) >= 11 is 0. The van der Waals surface area contributed by atoms with Crippen LogP contribution in [0.25, 0.3) is 0 Å². The van der Waals surface area contributed by atoms with Gasteiger partial charge in [-0.1, -0.05) is 30.3 Å². The van der Waals surface area contributed by atoms with Gasteiger partial charge in [0.1, 0.15) is 17.7 Å². The van der Waals surface area contributed by atoms with Gasteiger partial charge in [0.25, 0.3) is 5.91 Å². The Morgan fingerprint density at radius 3 is 2.38 bits per heavy atom. The van der Waals surface area contributed by atoms with E-state index in [0.29, 0.717) is 23.5 Å². The highest BCUT2D eigenvalue weighted by atomic mass is 19.1. The molecule has 1 heterocycles. The highest BCUT2D eigenvalue weighted by Crippen LogP contribution is 2.27. The Balaban J connectivity index is 1.99. The standard InChI is InChI=1S/C21H18FN3O/c1-14-15(2)25(13-16-6-4-3-5-7-16)20(19(14)12-23)24-21(26)17-8-10-18(22)11-9-17/h3-11H,13H2,1-2H3,(H,24,26). The first kappa shape index (κ1) is 17.4. The van der Waals surface area contributed by atoms with E-state index in [1.54, 1.807) is 0 Å². The second-order valence-electron chi connectivity index (χ2n) is 6.08. The van der Waals surface area contributed by atoms with E-state index >= 15 is 0 Å². The summed E-state index contributed by atoms with van der Waals surface area (Å²) in [7, 11) is 0. The number of rotatable bonds is 4. The summed E-state index contributed by atoms with van der Waals surface area (Å²) in [6.45, 7) is 4.32. The molecule has 3 aromatic rings. The molecule has 3 rings (SSSR count). The van der Waals surface area contributed by atoms with Crippen molar-refractivity contribution >= 4 is 11.7 Å². The summed E-state index contributed by atoms with van der Waals surface area (Å²) in [6, 6.07) is 17.3. The molecule has 4 nitrogen and oxygen atoms in total. The lowest BCUT2D eigenvalue weighted by molar-refractivity contribution is 0.102. The number of benzene rings is 2. The summed E-state index contributed by atoms with van der Waals surface area (Å²) in [5, 5.41) is 12.4. The van der Waals surface area contributed by atoms with Crippen LogP contribution in [-0.2, 0) is 6.54 Å². The third-order valence-electron chi connectivity index (χ3n) is 4.46. The van der Waals surface area contributed by atoms with Crippen LogP contribution in [0, 0.1) is 31.0 Å². The maximum atomic E-state index is 13.1. The van der Waals surface area contributed by atoms with Gasteiger partial charge < -0.3 is 9.88 Å². The second-order valence-corrected chi connectivity index (χ2v) is 6.08. The monoisotopic (exact) mass is 347 g/mol. The van der Waals surface area contributed by atoms with Crippen molar-refractivity contribution < 1.29 is 9.18 Å². The van der Waals surface area contributed by atoms with Crippen LogP contribution in [0.4, 0.5) is 10.2 Å². The minimum absolute atomic E-state index is 0.332. The van der Waals surface area contributed by atoms with Gasteiger partial charge in [0.05, 0.1) is 5.56 Å². The lowest BCUT2D eigenvalue weighted by atomic mass is 10.1. The van der Waals surface area contributed by atoms with Crippen molar-refractivity contribution in [3.05, 3.63) is 88.4 Å². The zero-order valence-electron chi connectivity index (χ0n) is 14.6. The summed E-state index contributed by atoms with van der Waals surface area (Å²) < 4.78 is 15.0. The summed E-state index contributed by atoms with van der Waals surface area (Å²) in [5.41, 5.74) is 3.58. The highest BCUT2D eigenvalue weighted by molar-refractivity contribution is 6.04. The normalized spacial score (nSPS) is 10.4. The van der Waals surface area contributed by atoms with E-state index < -0.39 is 5.82 Å². The van der Waals surface area contributed by atoms with Gasteiger partial charge in [0, 0.05) is 17.8 Å². The molecule has 0 saturated heterocycles. The maximum absolute atomic E-state index is 13.1. The molecule has 0 atom stereocenters. The number of hydrogen-bond acceptors (Lipinski definition) is 2. The predicted octanol–water partition coefficient (Wildman–Crippen LogP) is 4.42. The molecule has 1 N–H and O–H groups in total. The zero-order chi connectivity index (χ0) is 18.7. The molecule has 0 bridgehead atoms. The number of nitrogens with zero attached hydrogens (tertiary/aromatic N) is 2. The summed E-state index contributed by atoms with van der Waals surface area (Å²) in [4.78, 5) is 12.6. The number of carbonyl (C=O) groups excluding carboxylic acids is 1. The average molecular weight is 347 g/mol. The molecule has 2 aromatic carbocycles. The molecule has 0 saturated carbocycles. The Hall–Kier alpha value is -3.39. The van der Waals surface area contributed by atoms with Gasteiger partial charge in [0.2, 0.25) is 0 Å². The quantitative estimate of drug-likeness (QED) is 0.760. The van der Waals surface area contributed by atoms with Crippen molar-refractivity contribution in [3.63, 3.8) is 0 Å². The molecule has 1 aromatic heterocycles. The Labute approximate surface area is 151 Å². The minimum atomic E-state index is -0.404. The largest absolute Gasteiger partial charge is 0.326 e. The molecule has 0 radical (unpaired) electrons. The van der Waals surface area contributed by atoms with Crippen LogP contribution < -0.4 is 5.32 Å². The number of amides is 1. The van der Waals surface area contributed by atoms with E-state index in [1.165, 1.54) is 24.3 Å². The van der Waals surface area contributed by atoms with Crippen molar-refractivity contribution in [2.45, 2.75) is 20.4 Å². The SMILES string of the molecule is Cc1c(C#N)c(NC(=O)c2ccc(F)cc2)n(Cc2ccccc2)c1C. The molecule has 130 valence electrons. The number of nitrogens with one attached hydrogen (secondary N) is 1. The fourth-order valence-corrected chi connectivity index (χ4v) is 2.87. The second kappa shape index (κ2) is 7.24. The van der Waals surface area contributed by atoms with Crippen LogP contribution in [-0.4, -0.2) is 10.5 Å². The van der Waals surface area contributed by atoms with Gasteiger partial charge in [-0.3, -0.25) is 4.79 Å². The minimum Gasteiger partial charge on any atom is -0.326 e. The molecule has 26 heavy (non-hydrogen) atoms. The van der Waals surface area contributed by atoms with Crippen molar-refractivity contribution in [1.82, 2.24) is 4.57 Å². The molecule has 0 aliphatic rings. The molecule has 0 aliphatic heterocycles. The van der Waals surface area contributed by atoms with Gasteiger partial charge >= 0.3 is 0 Å². The predicted molar refractivity (Wildman–Crippen MR) is 98.5 cm³/mol.